The minimum absolute atomic E-state index is 0. The Kier molecular flexibility index (Phi) is 14.4. The van der Waals surface area contributed by atoms with Gasteiger partial charge in [0.1, 0.15) is 0 Å². The Morgan fingerprint density at radius 2 is 1.33 bits per heavy atom. The maximum atomic E-state index is 10.5. The molecule has 0 aliphatic rings. The zero-order valence-electron chi connectivity index (χ0n) is 11.1. The van der Waals surface area contributed by atoms with Gasteiger partial charge in [-0.15, -0.1) is 0 Å². The summed E-state index contributed by atoms with van der Waals surface area (Å²) < 4.78 is 10.5. The van der Waals surface area contributed by atoms with Crippen LogP contribution >= 0.6 is 7.60 Å². The Bertz CT molecular complexity index is 175. The van der Waals surface area contributed by atoms with Crippen molar-refractivity contribution in [3.63, 3.8) is 0 Å². The van der Waals surface area contributed by atoms with Crippen LogP contribution in [0.5, 0.6) is 0 Å². The number of rotatable bonds is 9. The van der Waals surface area contributed by atoms with Gasteiger partial charge in [0.15, 0.2) is 0 Å². The maximum Gasteiger partial charge on any atom is 1.00 e. The van der Waals surface area contributed by atoms with E-state index in [1.165, 1.54) is 32.1 Å². The normalized spacial score (nSPS) is 11.1. The molecule has 0 saturated carbocycles. The van der Waals surface area contributed by atoms with Crippen molar-refractivity contribution < 1.29 is 45.3 Å². The van der Waals surface area contributed by atoms with Crippen LogP contribution in [0.3, 0.4) is 0 Å². The van der Waals surface area contributed by atoms with E-state index in [0.717, 1.165) is 12.8 Å². The van der Waals surface area contributed by atoms with Crippen molar-refractivity contribution in [3.8, 4) is 0 Å². The number of unbranched alkanes of at least 4 members (excludes halogenated alkanes) is 7. The molecule has 0 aliphatic heterocycles. The Morgan fingerprint density at radius 3 is 1.73 bits per heavy atom. The molecular weight excluding hydrogens is 222 g/mol. The molecule has 0 bridgehead atoms. The molecule has 3 nitrogen and oxygen atoms in total. The molecule has 2 N–H and O–H groups in total. The summed E-state index contributed by atoms with van der Waals surface area (Å²) in [5.41, 5.74) is 0. The molecule has 0 aromatic carbocycles. The van der Waals surface area contributed by atoms with E-state index in [-0.39, 0.29) is 37.1 Å². The van der Waals surface area contributed by atoms with Crippen molar-refractivity contribution in [1.82, 2.24) is 0 Å². The minimum Gasteiger partial charge on any atom is -1.00 e. The van der Waals surface area contributed by atoms with E-state index >= 15 is 0 Å². The molecule has 0 saturated heterocycles. The van der Waals surface area contributed by atoms with Crippen LogP contribution in [0, 0.1) is 0 Å². The van der Waals surface area contributed by atoms with Crippen LogP contribution < -0.4 is 29.6 Å². The Labute approximate surface area is 117 Å². The topological polar surface area (TPSA) is 57.5 Å². The standard InChI is InChI=1S/C10H23O3P.Na.H/c1-2-3-4-5-6-7-8-9-10-14(11,12)13;;/h2-10H2,1H3,(H2,11,12,13);;/q;+1;-1. The van der Waals surface area contributed by atoms with Gasteiger partial charge in [-0.25, -0.2) is 0 Å². The fourth-order valence-electron chi connectivity index (χ4n) is 1.45. The number of hydrogen-bond acceptors (Lipinski definition) is 1. The smallest absolute Gasteiger partial charge is 1.00 e. The van der Waals surface area contributed by atoms with Gasteiger partial charge >= 0.3 is 37.2 Å². The third-order valence-electron chi connectivity index (χ3n) is 2.30. The van der Waals surface area contributed by atoms with Crippen molar-refractivity contribution in [1.29, 1.82) is 0 Å². The van der Waals surface area contributed by atoms with Crippen LogP contribution in [0.15, 0.2) is 0 Å². The first-order chi connectivity index (χ1) is 6.56. The number of hydrogen-bond donors (Lipinski definition) is 2. The van der Waals surface area contributed by atoms with Crippen molar-refractivity contribution in [3.05, 3.63) is 0 Å². The monoisotopic (exact) mass is 246 g/mol. The Hall–Kier alpha value is 1.15. The van der Waals surface area contributed by atoms with E-state index in [2.05, 4.69) is 6.92 Å². The van der Waals surface area contributed by atoms with E-state index in [9.17, 15) is 4.57 Å². The maximum absolute atomic E-state index is 10.5. The molecule has 0 atom stereocenters. The summed E-state index contributed by atoms with van der Waals surface area (Å²) in [6.07, 6.45) is 9.14. The third-order valence-corrected chi connectivity index (χ3v) is 3.20. The molecule has 0 amide bonds. The van der Waals surface area contributed by atoms with Crippen molar-refractivity contribution >= 4 is 7.60 Å². The van der Waals surface area contributed by atoms with E-state index in [4.69, 9.17) is 9.79 Å². The first kappa shape index (κ1) is 18.5. The van der Waals surface area contributed by atoms with Crippen LogP contribution in [0.2, 0.25) is 0 Å². The predicted octanol–water partition coefficient (Wildman–Crippen LogP) is 0.421. The van der Waals surface area contributed by atoms with Crippen LogP contribution in [-0.4, -0.2) is 15.9 Å². The molecule has 0 rings (SSSR count). The second-order valence-corrected chi connectivity index (χ2v) is 5.64. The van der Waals surface area contributed by atoms with Crippen LogP contribution in [0.1, 0.15) is 59.7 Å². The fourth-order valence-corrected chi connectivity index (χ4v) is 2.09. The van der Waals surface area contributed by atoms with Crippen LogP contribution in [0.25, 0.3) is 0 Å². The predicted molar refractivity (Wildman–Crippen MR) is 60.6 cm³/mol. The van der Waals surface area contributed by atoms with Crippen LogP contribution in [0.4, 0.5) is 0 Å². The second kappa shape index (κ2) is 11.6. The first-order valence-corrected chi connectivity index (χ1v) is 7.40. The summed E-state index contributed by atoms with van der Waals surface area (Å²) >= 11 is 0. The quantitative estimate of drug-likeness (QED) is 0.352. The van der Waals surface area contributed by atoms with Gasteiger partial charge in [-0.05, 0) is 6.42 Å². The molecule has 5 heteroatoms. The van der Waals surface area contributed by atoms with Gasteiger partial charge in [-0.1, -0.05) is 51.9 Å². The molecule has 0 radical (unpaired) electrons. The average Bonchev–Trinajstić information content (AvgIpc) is 2.08. The summed E-state index contributed by atoms with van der Waals surface area (Å²) in [5.74, 6) is 0. The van der Waals surface area contributed by atoms with E-state index in [1.807, 2.05) is 0 Å². The van der Waals surface area contributed by atoms with Gasteiger partial charge in [0, 0.05) is 6.16 Å². The molecule has 15 heavy (non-hydrogen) atoms. The van der Waals surface area contributed by atoms with Gasteiger partial charge in [0.05, 0.1) is 0 Å². The van der Waals surface area contributed by atoms with E-state index < -0.39 is 7.60 Å². The molecular formula is C10H24NaO3P. The molecule has 0 heterocycles. The van der Waals surface area contributed by atoms with Gasteiger partial charge in [-0.2, -0.15) is 0 Å². The molecule has 0 fully saturated rings. The zero-order valence-corrected chi connectivity index (χ0v) is 13.0. The third kappa shape index (κ3) is 17.7. The van der Waals surface area contributed by atoms with Crippen molar-refractivity contribution in [2.45, 2.75) is 58.3 Å². The van der Waals surface area contributed by atoms with Crippen LogP contribution in [-0.2, 0) is 4.57 Å². The molecule has 88 valence electrons. The van der Waals surface area contributed by atoms with E-state index in [0.29, 0.717) is 6.42 Å². The molecule has 0 aliphatic carbocycles. The minimum atomic E-state index is -3.73. The Balaban J connectivity index is -0.000000845. The summed E-state index contributed by atoms with van der Waals surface area (Å²) in [4.78, 5) is 17.2. The summed E-state index contributed by atoms with van der Waals surface area (Å²) in [5, 5.41) is 0. The first-order valence-electron chi connectivity index (χ1n) is 5.61. The largest absolute Gasteiger partial charge is 1.00 e. The fraction of sp³-hybridized carbons (Fsp3) is 1.00. The summed E-state index contributed by atoms with van der Waals surface area (Å²) in [7, 11) is -3.73. The van der Waals surface area contributed by atoms with Gasteiger partial charge in [0.25, 0.3) is 0 Å². The second-order valence-electron chi connectivity index (χ2n) is 3.86. The molecule has 0 spiro atoms. The molecule has 0 aromatic rings. The van der Waals surface area contributed by atoms with Gasteiger partial charge in [0.2, 0.25) is 0 Å². The summed E-state index contributed by atoms with van der Waals surface area (Å²) in [6, 6.07) is 0. The molecule has 0 unspecified atom stereocenters. The van der Waals surface area contributed by atoms with Crippen molar-refractivity contribution in [2.24, 2.45) is 0 Å². The molecule has 0 aromatic heterocycles. The van der Waals surface area contributed by atoms with Gasteiger partial charge < -0.3 is 11.2 Å². The van der Waals surface area contributed by atoms with E-state index in [1.54, 1.807) is 0 Å². The average molecular weight is 246 g/mol. The zero-order chi connectivity index (χ0) is 10.9. The SMILES string of the molecule is CCCCCCCCCCP(=O)(O)O.[H-].[Na+]. The van der Waals surface area contributed by atoms with Gasteiger partial charge in [-0.3, -0.25) is 4.57 Å². The van der Waals surface area contributed by atoms with Crippen molar-refractivity contribution in [2.75, 3.05) is 6.16 Å². The Morgan fingerprint density at radius 1 is 0.933 bits per heavy atom. The summed E-state index contributed by atoms with van der Waals surface area (Å²) in [6.45, 7) is 2.19.